The second-order valence-corrected chi connectivity index (χ2v) is 4.56. The molecule has 3 rings (SSSR count). The first-order valence-electron chi connectivity index (χ1n) is 6.46. The van der Waals surface area contributed by atoms with E-state index in [2.05, 4.69) is 10.4 Å². The zero-order valence-corrected chi connectivity index (χ0v) is 10.9. The predicted molar refractivity (Wildman–Crippen MR) is 73.1 cm³/mol. The molecule has 1 fully saturated rings. The maximum Gasteiger partial charge on any atom is 0.248 e. The Hall–Kier alpha value is -2.34. The van der Waals surface area contributed by atoms with E-state index in [4.69, 9.17) is 9.15 Å². The van der Waals surface area contributed by atoms with Gasteiger partial charge in [0.15, 0.2) is 0 Å². The van der Waals surface area contributed by atoms with Crippen LogP contribution in [0.4, 0.5) is 5.69 Å². The van der Waals surface area contributed by atoms with Crippen molar-refractivity contribution in [2.45, 2.75) is 12.5 Å². The lowest BCUT2D eigenvalue weighted by atomic mass is 10.3. The van der Waals surface area contributed by atoms with Crippen LogP contribution in [0.25, 0.3) is 6.08 Å². The molecule has 2 aromatic rings. The van der Waals surface area contributed by atoms with Crippen LogP contribution < -0.4 is 5.32 Å². The lowest BCUT2D eigenvalue weighted by molar-refractivity contribution is -0.111. The van der Waals surface area contributed by atoms with Gasteiger partial charge in [-0.15, -0.1) is 0 Å². The van der Waals surface area contributed by atoms with Crippen molar-refractivity contribution in [2.75, 3.05) is 18.5 Å². The van der Waals surface area contributed by atoms with Crippen molar-refractivity contribution in [3.8, 4) is 0 Å². The Bertz CT molecular complexity index is 595. The quantitative estimate of drug-likeness (QED) is 0.866. The first-order chi connectivity index (χ1) is 9.81. The number of amides is 1. The number of furan rings is 1. The SMILES string of the molecule is O=C(/C=C/c1ccco1)Nc1cnn([C@@H]2CCOC2)c1. The molecule has 2 aromatic heterocycles. The summed E-state index contributed by atoms with van der Waals surface area (Å²) in [6.07, 6.45) is 9.01. The van der Waals surface area contributed by atoms with Gasteiger partial charge in [0.1, 0.15) is 5.76 Å². The summed E-state index contributed by atoms with van der Waals surface area (Å²) in [5.74, 6) is 0.419. The fourth-order valence-electron chi connectivity index (χ4n) is 2.06. The van der Waals surface area contributed by atoms with Crippen LogP contribution in [0.2, 0.25) is 0 Å². The molecular weight excluding hydrogens is 258 g/mol. The van der Waals surface area contributed by atoms with Gasteiger partial charge >= 0.3 is 0 Å². The Morgan fingerprint density at radius 3 is 3.25 bits per heavy atom. The van der Waals surface area contributed by atoms with E-state index in [1.54, 1.807) is 30.7 Å². The number of hydrogen-bond acceptors (Lipinski definition) is 4. The van der Waals surface area contributed by atoms with E-state index in [0.717, 1.165) is 13.0 Å². The minimum Gasteiger partial charge on any atom is -0.465 e. The standard InChI is InChI=1S/C14H15N3O3/c18-14(4-3-13-2-1-6-20-13)16-11-8-15-17(9-11)12-5-7-19-10-12/h1-4,6,8-9,12H,5,7,10H2,(H,16,18)/b4-3+/t12-/m1/s1. The average Bonchev–Trinajstić information content (AvgIpc) is 3.18. The molecule has 1 atom stereocenters. The lowest BCUT2D eigenvalue weighted by Crippen LogP contribution is -2.09. The summed E-state index contributed by atoms with van der Waals surface area (Å²) in [7, 11) is 0. The van der Waals surface area contributed by atoms with Crippen LogP contribution in [-0.4, -0.2) is 28.9 Å². The van der Waals surface area contributed by atoms with Crippen LogP contribution in [0, 0.1) is 0 Å². The van der Waals surface area contributed by atoms with Crippen molar-refractivity contribution in [2.24, 2.45) is 0 Å². The molecule has 1 saturated heterocycles. The van der Waals surface area contributed by atoms with Crippen molar-refractivity contribution < 1.29 is 13.9 Å². The monoisotopic (exact) mass is 273 g/mol. The van der Waals surface area contributed by atoms with Crippen LogP contribution in [0.5, 0.6) is 0 Å². The van der Waals surface area contributed by atoms with Crippen molar-refractivity contribution in [1.29, 1.82) is 0 Å². The number of carbonyl (C=O) groups is 1. The van der Waals surface area contributed by atoms with Gasteiger partial charge in [-0.1, -0.05) is 0 Å². The molecule has 104 valence electrons. The summed E-state index contributed by atoms with van der Waals surface area (Å²) in [4.78, 5) is 11.7. The Labute approximate surface area is 116 Å². The van der Waals surface area contributed by atoms with Gasteiger partial charge < -0.3 is 14.5 Å². The summed E-state index contributed by atoms with van der Waals surface area (Å²) in [5, 5.41) is 7.00. The molecule has 0 unspecified atom stereocenters. The first-order valence-corrected chi connectivity index (χ1v) is 6.46. The van der Waals surface area contributed by atoms with Crippen LogP contribution >= 0.6 is 0 Å². The highest BCUT2D eigenvalue weighted by Crippen LogP contribution is 2.19. The third kappa shape index (κ3) is 2.97. The molecule has 1 aliphatic rings. The third-order valence-corrected chi connectivity index (χ3v) is 3.09. The molecule has 0 bridgehead atoms. The second kappa shape index (κ2) is 5.75. The minimum absolute atomic E-state index is 0.219. The Morgan fingerprint density at radius 1 is 1.55 bits per heavy atom. The fourth-order valence-corrected chi connectivity index (χ4v) is 2.06. The van der Waals surface area contributed by atoms with Gasteiger partial charge in [-0.05, 0) is 24.6 Å². The molecule has 6 heteroatoms. The van der Waals surface area contributed by atoms with Gasteiger partial charge in [-0.3, -0.25) is 9.48 Å². The van der Waals surface area contributed by atoms with E-state index in [-0.39, 0.29) is 11.9 Å². The zero-order valence-electron chi connectivity index (χ0n) is 10.9. The smallest absolute Gasteiger partial charge is 0.248 e. The number of ether oxygens (including phenoxy) is 1. The molecule has 0 aromatic carbocycles. The van der Waals surface area contributed by atoms with Gasteiger partial charge in [-0.2, -0.15) is 5.10 Å². The third-order valence-electron chi connectivity index (χ3n) is 3.09. The van der Waals surface area contributed by atoms with Crippen molar-refractivity contribution in [3.63, 3.8) is 0 Å². The van der Waals surface area contributed by atoms with E-state index >= 15 is 0 Å². The number of nitrogens with one attached hydrogen (secondary N) is 1. The maximum absolute atomic E-state index is 11.7. The van der Waals surface area contributed by atoms with Crippen molar-refractivity contribution in [1.82, 2.24) is 9.78 Å². The van der Waals surface area contributed by atoms with E-state index in [9.17, 15) is 4.79 Å². The van der Waals surface area contributed by atoms with E-state index < -0.39 is 0 Å². The summed E-state index contributed by atoms with van der Waals surface area (Å²) < 4.78 is 12.3. The molecule has 0 spiro atoms. The molecule has 6 nitrogen and oxygen atoms in total. The Balaban J connectivity index is 1.58. The summed E-state index contributed by atoms with van der Waals surface area (Å²) in [6, 6.07) is 3.81. The molecule has 0 aliphatic carbocycles. The lowest BCUT2D eigenvalue weighted by Gasteiger charge is -2.06. The van der Waals surface area contributed by atoms with Crippen LogP contribution in [0.15, 0.2) is 41.3 Å². The number of nitrogens with zero attached hydrogens (tertiary/aromatic N) is 2. The molecule has 3 heterocycles. The molecule has 0 saturated carbocycles. The van der Waals surface area contributed by atoms with Gasteiger partial charge in [-0.25, -0.2) is 0 Å². The molecular formula is C14H15N3O3. The number of rotatable bonds is 4. The average molecular weight is 273 g/mol. The molecule has 20 heavy (non-hydrogen) atoms. The zero-order chi connectivity index (χ0) is 13.8. The topological polar surface area (TPSA) is 69.3 Å². The summed E-state index contributed by atoms with van der Waals surface area (Å²) in [6.45, 7) is 1.44. The molecule has 0 radical (unpaired) electrons. The van der Waals surface area contributed by atoms with Crippen LogP contribution in [0.1, 0.15) is 18.2 Å². The number of anilines is 1. The Morgan fingerprint density at radius 2 is 2.50 bits per heavy atom. The highest BCUT2D eigenvalue weighted by molar-refractivity contribution is 6.01. The van der Waals surface area contributed by atoms with Gasteiger partial charge in [0.25, 0.3) is 0 Å². The number of hydrogen-bond donors (Lipinski definition) is 1. The number of aromatic nitrogens is 2. The maximum atomic E-state index is 11.7. The molecule has 1 N–H and O–H groups in total. The fraction of sp³-hybridized carbons (Fsp3) is 0.286. The first kappa shape index (κ1) is 12.7. The van der Waals surface area contributed by atoms with Gasteiger partial charge in [0.05, 0.1) is 30.8 Å². The highest BCUT2D eigenvalue weighted by Gasteiger charge is 2.18. The van der Waals surface area contributed by atoms with Crippen LogP contribution in [-0.2, 0) is 9.53 Å². The summed E-state index contributed by atoms with van der Waals surface area (Å²) in [5.41, 5.74) is 0.672. The Kier molecular flexibility index (Phi) is 3.64. The highest BCUT2D eigenvalue weighted by atomic mass is 16.5. The predicted octanol–water partition coefficient (Wildman–Crippen LogP) is 2.09. The molecule has 1 aliphatic heterocycles. The summed E-state index contributed by atoms with van der Waals surface area (Å²) >= 11 is 0. The van der Waals surface area contributed by atoms with Gasteiger partial charge in [0, 0.05) is 18.9 Å². The second-order valence-electron chi connectivity index (χ2n) is 4.56. The van der Waals surface area contributed by atoms with E-state index in [0.29, 0.717) is 18.1 Å². The van der Waals surface area contributed by atoms with Gasteiger partial charge in [0.2, 0.25) is 5.91 Å². The van der Waals surface area contributed by atoms with Crippen molar-refractivity contribution >= 4 is 17.7 Å². The largest absolute Gasteiger partial charge is 0.465 e. The van der Waals surface area contributed by atoms with Crippen molar-refractivity contribution in [3.05, 3.63) is 42.6 Å². The van der Waals surface area contributed by atoms with E-state index in [1.807, 2.05) is 10.9 Å². The number of carbonyl (C=O) groups excluding carboxylic acids is 1. The van der Waals surface area contributed by atoms with Crippen LogP contribution in [0.3, 0.4) is 0 Å². The molecule has 1 amide bonds. The van der Waals surface area contributed by atoms with E-state index in [1.165, 1.54) is 6.08 Å². The minimum atomic E-state index is -0.219. The normalized spacial score (nSPS) is 18.7.